The van der Waals surface area contributed by atoms with Gasteiger partial charge in [-0.15, -0.1) is 10.2 Å². The van der Waals surface area contributed by atoms with Gasteiger partial charge in [-0.3, -0.25) is 9.59 Å². The van der Waals surface area contributed by atoms with Gasteiger partial charge in [-0.05, 0) is 65.8 Å². The number of aromatic nitrogens is 3. The first-order valence-electron chi connectivity index (χ1n) is 15.2. The lowest BCUT2D eigenvalue weighted by Crippen LogP contribution is -2.13. The number of carboxylic acid groups (broad SMARTS) is 1. The zero-order chi connectivity index (χ0) is 32.0. The summed E-state index contributed by atoms with van der Waals surface area (Å²) in [5.41, 5.74) is 10.5. The molecule has 4 aromatic rings. The van der Waals surface area contributed by atoms with Crippen LogP contribution >= 0.6 is 0 Å². The normalized spacial score (nSPS) is 10.9. The maximum atomic E-state index is 10.8. The van der Waals surface area contributed by atoms with Crippen LogP contribution in [0.15, 0.2) is 79.0 Å². The highest BCUT2D eigenvalue weighted by Crippen LogP contribution is 2.23. The van der Waals surface area contributed by atoms with Crippen LogP contribution in [0.3, 0.4) is 0 Å². The Morgan fingerprint density at radius 3 is 2.00 bits per heavy atom. The minimum Gasteiger partial charge on any atom is -0.494 e. The summed E-state index contributed by atoms with van der Waals surface area (Å²) in [6.45, 7) is 9.35. The number of hydrogen-bond donors (Lipinski definition) is 2. The van der Waals surface area contributed by atoms with Crippen LogP contribution < -0.4 is 10.5 Å². The van der Waals surface area contributed by atoms with E-state index >= 15 is 0 Å². The van der Waals surface area contributed by atoms with Gasteiger partial charge in [-0.25, -0.2) is 4.98 Å². The van der Waals surface area contributed by atoms with Gasteiger partial charge in [0.2, 0.25) is 5.91 Å². The molecule has 0 aliphatic heterocycles. The molecule has 0 spiro atoms. The number of primary amides is 1. The second kappa shape index (κ2) is 16.9. The SMILES string of the molecule is CC(C)(C)c1ccc(C(N)=O)cc1.CCCCCCCOc1ccc(-c2ncc(-c3ccc(CCC(=O)O)cc3)nn2)cc1. The minimum atomic E-state index is -0.795. The summed E-state index contributed by atoms with van der Waals surface area (Å²) in [6, 6.07) is 22.8. The molecule has 3 N–H and O–H groups in total. The van der Waals surface area contributed by atoms with E-state index in [1.807, 2.05) is 60.7 Å². The molecule has 232 valence electrons. The van der Waals surface area contributed by atoms with Crippen molar-refractivity contribution < 1.29 is 19.4 Å². The number of unbranched alkanes of at least 4 members (excludes halogenated alkanes) is 4. The van der Waals surface area contributed by atoms with Crippen LogP contribution in [-0.4, -0.2) is 38.8 Å². The Hall–Kier alpha value is -4.59. The van der Waals surface area contributed by atoms with Crippen LogP contribution in [0.2, 0.25) is 0 Å². The van der Waals surface area contributed by atoms with Gasteiger partial charge < -0.3 is 15.6 Å². The molecule has 8 heteroatoms. The summed E-state index contributed by atoms with van der Waals surface area (Å²) in [4.78, 5) is 25.9. The van der Waals surface area contributed by atoms with Crippen molar-refractivity contribution in [2.24, 2.45) is 5.73 Å². The summed E-state index contributed by atoms with van der Waals surface area (Å²) < 4.78 is 5.81. The van der Waals surface area contributed by atoms with Crippen molar-refractivity contribution in [3.8, 4) is 28.4 Å². The molecule has 1 amide bonds. The van der Waals surface area contributed by atoms with Crippen LogP contribution in [0.4, 0.5) is 0 Å². The van der Waals surface area contributed by atoms with E-state index in [4.69, 9.17) is 15.6 Å². The maximum absolute atomic E-state index is 10.8. The van der Waals surface area contributed by atoms with Gasteiger partial charge in [0.05, 0.1) is 12.8 Å². The van der Waals surface area contributed by atoms with Crippen LogP contribution in [0, 0.1) is 0 Å². The molecule has 0 unspecified atom stereocenters. The number of hydrogen-bond acceptors (Lipinski definition) is 6. The first-order valence-corrected chi connectivity index (χ1v) is 15.2. The van der Waals surface area contributed by atoms with E-state index in [1.54, 1.807) is 18.3 Å². The molecule has 0 radical (unpaired) electrons. The number of nitrogens with zero attached hydrogens (tertiary/aromatic N) is 3. The number of amides is 1. The fraction of sp³-hybridized carbons (Fsp3) is 0.361. The number of rotatable bonds is 13. The molecule has 1 aromatic heterocycles. The zero-order valence-corrected chi connectivity index (χ0v) is 26.3. The standard InChI is InChI=1S/C25H29N3O3.C11H15NO/c1-2-3-4-5-6-17-31-22-14-12-21(13-15-22)25-26-18-23(27-28-25)20-10-7-19(8-11-20)9-16-24(29)30;1-11(2,3)9-6-4-8(5-7-9)10(12)13/h7-8,10-15,18H,2-6,9,16-17H2,1H3,(H,29,30);4-7H,1-3H3,(H2,12,13). The Bertz CT molecular complexity index is 1450. The summed E-state index contributed by atoms with van der Waals surface area (Å²) in [5.74, 6) is 0.247. The number of nitrogens with two attached hydrogens (primary N) is 1. The highest BCUT2D eigenvalue weighted by molar-refractivity contribution is 5.92. The number of carboxylic acids is 1. The van der Waals surface area contributed by atoms with Crippen LogP contribution in [0.1, 0.15) is 87.7 Å². The van der Waals surface area contributed by atoms with Gasteiger partial charge in [-0.2, -0.15) is 0 Å². The predicted molar refractivity (Wildman–Crippen MR) is 175 cm³/mol. The summed E-state index contributed by atoms with van der Waals surface area (Å²) in [7, 11) is 0. The van der Waals surface area contributed by atoms with E-state index in [0.717, 1.165) is 35.5 Å². The molecule has 3 aromatic carbocycles. The van der Waals surface area contributed by atoms with E-state index in [1.165, 1.54) is 31.2 Å². The van der Waals surface area contributed by atoms with E-state index in [0.29, 0.717) is 23.5 Å². The van der Waals surface area contributed by atoms with Gasteiger partial charge in [0, 0.05) is 23.1 Å². The van der Waals surface area contributed by atoms with Gasteiger partial charge in [0.25, 0.3) is 0 Å². The smallest absolute Gasteiger partial charge is 0.303 e. The fourth-order valence-corrected chi connectivity index (χ4v) is 4.36. The number of benzene rings is 3. The molecule has 0 bridgehead atoms. The Morgan fingerprint density at radius 1 is 0.818 bits per heavy atom. The summed E-state index contributed by atoms with van der Waals surface area (Å²) >= 11 is 0. The lowest BCUT2D eigenvalue weighted by Gasteiger charge is -2.18. The average molecular weight is 597 g/mol. The molecule has 1 heterocycles. The molecule has 0 saturated heterocycles. The summed E-state index contributed by atoms with van der Waals surface area (Å²) in [6.07, 6.45) is 8.44. The van der Waals surface area contributed by atoms with Gasteiger partial charge in [0.15, 0.2) is 5.82 Å². The first-order chi connectivity index (χ1) is 21.1. The Kier molecular flexibility index (Phi) is 13.0. The molecule has 0 atom stereocenters. The van der Waals surface area contributed by atoms with Gasteiger partial charge >= 0.3 is 5.97 Å². The van der Waals surface area contributed by atoms with E-state index < -0.39 is 5.97 Å². The first kappa shape index (κ1) is 33.9. The Morgan fingerprint density at radius 2 is 1.45 bits per heavy atom. The number of carbonyl (C=O) groups excluding carboxylic acids is 1. The third-order valence-electron chi connectivity index (χ3n) is 7.10. The molecular weight excluding hydrogens is 552 g/mol. The minimum absolute atomic E-state index is 0.121. The molecule has 0 fully saturated rings. The van der Waals surface area contributed by atoms with Crippen molar-refractivity contribution in [2.45, 2.75) is 78.1 Å². The fourth-order valence-electron chi connectivity index (χ4n) is 4.36. The zero-order valence-electron chi connectivity index (χ0n) is 26.3. The van der Waals surface area contributed by atoms with E-state index in [9.17, 15) is 9.59 Å². The van der Waals surface area contributed by atoms with Gasteiger partial charge in [0.1, 0.15) is 11.4 Å². The van der Waals surface area contributed by atoms with Crippen LogP contribution in [-0.2, 0) is 16.6 Å². The third-order valence-corrected chi connectivity index (χ3v) is 7.10. The highest BCUT2D eigenvalue weighted by atomic mass is 16.5. The van der Waals surface area contributed by atoms with Gasteiger partial charge in [-0.1, -0.05) is 89.8 Å². The van der Waals surface area contributed by atoms with Crippen molar-refractivity contribution in [3.05, 3.63) is 95.7 Å². The van der Waals surface area contributed by atoms with Crippen LogP contribution in [0.5, 0.6) is 5.75 Å². The van der Waals surface area contributed by atoms with E-state index in [2.05, 4.69) is 42.9 Å². The quantitative estimate of drug-likeness (QED) is 0.152. The molecule has 4 rings (SSSR count). The molecule has 0 aliphatic carbocycles. The van der Waals surface area contributed by atoms with Crippen molar-refractivity contribution in [2.75, 3.05) is 6.61 Å². The van der Waals surface area contributed by atoms with E-state index in [-0.39, 0.29) is 17.7 Å². The monoisotopic (exact) mass is 596 g/mol. The third kappa shape index (κ3) is 11.2. The second-order valence-electron chi connectivity index (χ2n) is 11.7. The molecule has 8 nitrogen and oxygen atoms in total. The summed E-state index contributed by atoms with van der Waals surface area (Å²) in [5, 5.41) is 17.3. The molecule has 0 saturated carbocycles. The Labute approximate surface area is 260 Å². The van der Waals surface area contributed by atoms with Crippen molar-refractivity contribution in [1.29, 1.82) is 0 Å². The lowest BCUT2D eigenvalue weighted by molar-refractivity contribution is -0.136. The Balaban J connectivity index is 0.000000340. The van der Waals surface area contributed by atoms with Crippen molar-refractivity contribution in [1.82, 2.24) is 15.2 Å². The average Bonchev–Trinajstić information content (AvgIpc) is 3.02. The number of aryl methyl sites for hydroxylation is 1. The predicted octanol–water partition coefficient (Wildman–Crippen LogP) is 7.66. The van der Waals surface area contributed by atoms with Crippen molar-refractivity contribution >= 4 is 11.9 Å². The maximum Gasteiger partial charge on any atom is 0.303 e. The number of ether oxygens (including phenoxy) is 1. The number of carbonyl (C=O) groups is 2. The van der Waals surface area contributed by atoms with Crippen molar-refractivity contribution in [3.63, 3.8) is 0 Å². The molecule has 0 aliphatic rings. The highest BCUT2D eigenvalue weighted by Gasteiger charge is 2.13. The lowest BCUT2D eigenvalue weighted by atomic mass is 9.87. The largest absolute Gasteiger partial charge is 0.494 e. The number of aliphatic carboxylic acids is 1. The molecular formula is C36H44N4O4. The topological polar surface area (TPSA) is 128 Å². The van der Waals surface area contributed by atoms with Crippen LogP contribution in [0.25, 0.3) is 22.6 Å². The second-order valence-corrected chi connectivity index (χ2v) is 11.7. The molecule has 44 heavy (non-hydrogen) atoms.